The number of sulfonamides is 1. The molecule has 0 aliphatic carbocycles. The first-order valence-corrected chi connectivity index (χ1v) is 12.3. The van der Waals surface area contributed by atoms with E-state index in [0.29, 0.717) is 56.0 Å². The normalized spacial score (nSPS) is 14.8. The van der Waals surface area contributed by atoms with E-state index in [1.165, 1.54) is 4.31 Å². The van der Waals surface area contributed by atoms with Crippen LogP contribution in [0.2, 0.25) is 0 Å². The molecule has 1 aromatic carbocycles. The molecule has 0 atom stereocenters. The lowest BCUT2D eigenvalue weighted by atomic mass is 10.2. The van der Waals surface area contributed by atoms with Crippen molar-refractivity contribution in [1.29, 1.82) is 0 Å². The smallest absolute Gasteiger partial charge is 0.243 e. The van der Waals surface area contributed by atoms with Crippen molar-refractivity contribution in [1.82, 2.24) is 19.5 Å². The molecular weight excluding hydrogens is 440 g/mol. The number of hydrogen-bond donors (Lipinski definition) is 1. The Morgan fingerprint density at radius 3 is 2.39 bits per heavy atom. The number of ether oxygens (including phenoxy) is 1. The topological polar surface area (TPSA) is 101 Å². The van der Waals surface area contributed by atoms with Gasteiger partial charge in [-0.3, -0.25) is 0 Å². The van der Waals surface area contributed by atoms with E-state index in [0.717, 1.165) is 11.3 Å². The molecule has 0 radical (unpaired) electrons. The maximum absolute atomic E-state index is 13.1. The third kappa shape index (κ3) is 5.23. The van der Waals surface area contributed by atoms with Crippen LogP contribution in [0.3, 0.4) is 0 Å². The Labute approximate surface area is 194 Å². The van der Waals surface area contributed by atoms with Crippen LogP contribution in [0.1, 0.15) is 18.2 Å². The van der Waals surface area contributed by atoms with Crippen molar-refractivity contribution in [3.8, 4) is 5.75 Å². The zero-order chi connectivity index (χ0) is 23.4. The minimum absolute atomic E-state index is 0.289. The van der Waals surface area contributed by atoms with Crippen LogP contribution in [0.15, 0.2) is 53.4 Å². The van der Waals surface area contributed by atoms with Crippen molar-refractivity contribution in [2.24, 2.45) is 0 Å². The SMILES string of the molecule is CCOc1ccc(S(=O)(=O)N2CCN(c3ccc(Nc4cccc(C)n4)nn3)CC2)cc1C. The summed E-state index contributed by atoms with van der Waals surface area (Å²) < 4.78 is 33.3. The Bertz CT molecular complexity index is 1210. The van der Waals surface area contributed by atoms with E-state index >= 15 is 0 Å². The molecule has 0 spiro atoms. The highest BCUT2D eigenvalue weighted by molar-refractivity contribution is 7.89. The summed E-state index contributed by atoms with van der Waals surface area (Å²) in [5, 5.41) is 11.7. The lowest BCUT2D eigenvalue weighted by Crippen LogP contribution is -2.49. The number of rotatable bonds is 7. The fourth-order valence-electron chi connectivity index (χ4n) is 3.71. The third-order valence-corrected chi connectivity index (χ3v) is 7.34. The Morgan fingerprint density at radius 1 is 0.970 bits per heavy atom. The molecule has 3 aromatic rings. The van der Waals surface area contributed by atoms with Crippen LogP contribution >= 0.6 is 0 Å². The predicted octanol–water partition coefficient (Wildman–Crippen LogP) is 3.14. The van der Waals surface area contributed by atoms with Crippen LogP contribution < -0.4 is 15.0 Å². The van der Waals surface area contributed by atoms with E-state index in [1.54, 1.807) is 18.2 Å². The molecule has 10 heteroatoms. The number of aromatic nitrogens is 3. The van der Waals surface area contributed by atoms with E-state index in [2.05, 4.69) is 20.5 Å². The average molecular weight is 469 g/mol. The van der Waals surface area contributed by atoms with E-state index in [1.807, 2.05) is 56.0 Å². The Kier molecular flexibility index (Phi) is 6.75. The lowest BCUT2D eigenvalue weighted by Gasteiger charge is -2.34. The second kappa shape index (κ2) is 9.72. The molecule has 1 fully saturated rings. The Hall–Kier alpha value is -3.24. The van der Waals surface area contributed by atoms with Crippen LogP contribution in [-0.4, -0.2) is 60.7 Å². The largest absolute Gasteiger partial charge is 0.494 e. The molecule has 1 aliphatic heterocycles. The van der Waals surface area contributed by atoms with Crippen molar-refractivity contribution in [3.05, 3.63) is 59.8 Å². The van der Waals surface area contributed by atoms with Gasteiger partial charge in [-0.05, 0) is 68.8 Å². The van der Waals surface area contributed by atoms with Crippen molar-refractivity contribution >= 4 is 27.5 Å². The molecule has 3 heterocycles. The van der Waals surface area contributed by atoms with Gasteiger partial charge in [0.25, 0.3) is 0 Å². The summed E-state index contributed by atoms with van der Waals surface area (Å²) in [4.78, 5) is 6.73. The number of benzene rings is 1. The lowest BCUT2D eigenvalue weighted by molar-refractivity contribution is 0.337. The second-order valence-electron chi connectivity index (χ2n) is 7.82. The van der Waals surface area contributed by atoms with Crippen molar-refractivity contribution in [2.45, 2.75) is 25.7 Å². The van der Waals surface area contributed by atoms with E-state index < -0.39 is 10.0 Å². The number of piperazine rings is 1. The van der Waals surface area contributed by atoms with Gasteiger partial charge in [0.1, 0.15) is 11.6 Å². The highest BCUT2D eigenvalue weighted by Gasteiger charge is 2.29. The fourth-order valence-corrected chi connectivity index (χ4v) is 5.22. The van der Waals surface area contributed by atoms with E-state index in [9.17, 15) is 8.42 Å². The first-order valence-electron chi connectivity index (χ1n) is 10.9. The van der Waals surface area contributed by atoms with Crippen LogP contribution in [0.25, 0.3) is 0 Å². The van der Waals surface area contributed by atoms with Crippen molar-refractivity contribution in [3.63, 3.8) is 0 Å². The highest BCUT2D eigenvalue weighted by Crippen LogP contribution is 2.25. The van der Waals surface area contributed by atoms with Crippen LogP contribution in [-0.2, 0) is 10.0 Å². The fraction of sp³-hybridized carbons (Fsp3) is 0.348. The van der Waals surface area contributed by atoms with Gasteiger partial charge in [0, 0.05) is 31.9 Å². The highest BCUT2D eigenvalue weighted by atomic mass is 32.2. The van der Waals surface area contributed by atoms with Gasteiger partial charge in [-0.15, -0.1) is 10.2 Å². The van der Waals surface area contributed by atoms with Gasteiger partial charge in [-0.1, -0.05) is 6.07 Å². The van der Waals surface area contributed by atoms with Gasteiger partial charge in [0.15, 0.2) is 11.6 Å². The number of hydrogen-bond acceptors (Lipinski definition) is 8. The third-order valence-electron chi connectivity index (χ3n) is 5.44. The molecule has 0 saturated carbocycles. The maximum atomic E-state index is 13.1. The molecule has 174 valence electrons. The van der Waals surface area contributed by atoms with Gasteiger partial charge in [-0.2, -0.15) is 4.31 Å². The summed E-state index contributed by atoms with van der Waals surface area (Å²) in [5.74, 6) is 2.73. The quantitative estimate of drug-likeness (QED) is 0.564. The summed E-state index contributed by atoms with van der Waals surface area (Å²) >= 11 is 0. The minimum Gasteiger partial charge on any atom is -0.494 e. The van der Waals surface area contributed by atoms with Crippen LogP contribution in [0.5, 0.6) is 5.75 Å². The van der Waals surface area contributed by atoms with Crippen molar-refractivity contribution < 1.29 is 13.2 Å². The molecule has 9 nitrogen and oxygen atoms in total. The first-order chi connectivity index (χ1) is 15.9. The molecule has 1 N–H and O–H groups in total. The summed E-state index contributed by atoms with van der Waals surface area (Å²) in [6.07, 6.45) is 0. The summed E-state index contributed by atoms with van der Waals surface area (Å²) in [5.41, 5.74) is 1.72. The summed E-state index contributed by atoms with van der Waals surface area (Å²) in [6, 6.07) is 14.5. The summed E-state index contributed by atoms with van der Waals surface area (Å²) in [6.45, 7) is 8.06. The molecule has 2 aromatic heterocycles. The molecule has 1 aliphatic rings. The standard InChI is InChI=1S/C23H28N6O3S/c1-4-32-20-9-8-19(16-17(20)2)33(30,31)29-14-12-28(13-15-29)23-11-10-22(26-27-23)25-21-7-5-6-18(3)24-21/h5-11,16H,4,12-15H2,1-3H3,(H,24,25,26). The first kappa shape index (κ1) is 22.9. The minimum atomic E-state index is -3.57. The molecule has 1 saturated heterocycles. The predicted molar refractivity (Wildman–Crippen MR) is 128 cm³/mol. The van der Waals surface area contributed by atoms with Gasteiger partial charge in [0.2, 0.25) is 10.0 Å². The van der Waals surface area contributed by atoms with Gasteiger partial charge < -0.3 is 15.0 Å². The molecule has 33 heavy (non-hydrogen) atoms. The molecule has 0 bridgehead atoms. The number of pyridine rings is 1. The van der Waals surface area contributed by atoms with E-state index in [4.69, 9.17) is 4.74 Å². The van der Waals surface area contributed by atoms with Crippen LogP contribution in [0, 0.1) is 13.8 Å². The number of nitrogens with one attached hydrogen (secondary N) is 1. The molecule has 0 amide bonds. The van der Waals surface area contributed by atoms with Gasteiger partial charge in [0.05, 0.1) is 11.5 Å². The van der Waals surface area contributed by atoms with Gasteiger partial charge >= 0.3 is 0 Å². The van der Waals surface area contributed by atoms with E-state index in [-0.39, 0.29) is 4.90 Å². The molecule has 4 rings (SSSR count). The number of nitrogens with zero attached hydrogens (tertiary/aromatic N) is 5. The number of anilines is 3. The number of aryl methyl sites for hydroxylation is 2. The van der Waals surface area contributed by atoms with Crippen molar-refractivity contribution in [2.75, 3.05) is 43.0 Å². The maximum Gasteiger partial charge on any atom is 0.243 e. The van der Waals surface area contributed by atoms with Gasteiger partial charge in [-0.25, -0.2) is 13.4 Å². The Balaban J connectivity index is 1.38. The average Bonchev–Trinajstić information content (AvgIpc) is 2.81. The zero-order valence-corrected chi connectivity index (χ0v) is 19.8. The molecule has 0 unspecified atom stereocenters. The second-order valence-corrected chi connectivity index (χ2v) is 9.76. The molecular formula is C23H28N6O3S. The summed E-state index contributed by atoms with van der Waals surface area (Å²) in [7, 11) is -3.57. The Morgan fingerprint density at radius 2 is 1.76 bits per heavy atom. The van der Waals surface area contributed by atoms with Crippen LogP contribution in [0.4, 0.5) is 17.5 Å². The zero-order valence-electron chi connectivity index (χ0n) is 19.0. The monoisotopic (exact) mass is 468 g/mol.